The Balaban J connectivity index is 2.89. The molecular formula is C14H16O5. The third-order valence-corrected chi connectivity index (χ3v) is 2.25. The Morgan fingerprint density at radius 2 is 1.95 bits per heavy atom. The SMILES string of the molecule is CCOC(=O)C=COc1cccc(OC)c1C(C)=O. The maximum atomic E-state index is 11.6. The fraction of sp³-hybridized carbons (Fsp3) is 0.286. The summed E-state index contributed by atoms with van der Waals surface area (Å²) in [5.74, 6) is 0.0636. The number of hydrogen-bond acceptors (Lipinski definition) is 5. The van der Waals surface area contributed by atoms with Crippen molar-refractivity contribution in [3.8, 4) is 11.5 Å². The van der Waals surface area contributed by atoms with Gasteiger partial charge in [0.15, 0.2) is 5.78 Å². The number of carbonyl (C=O) groups is 2. The van der Waals surface area contributed by atoms with Crippen molar-refractivity contribution in [2.75, 3.05) is 13.7 Å². The van der Waals surface area contributed by atoms with Gasteiger partial charge in [-0.05, 0) is 26.0 Å². The number of ketones is 1. The predicted molar refractivity (Wildman–Crippen MR) is 69.4 cm³/mol. The van der Waals surface area contributed by atoms with Crippen molar-refractivity contribution in [2.24, 2.45) is 0 Å². The predicted octanol–water partition coefficient (Wildman–Crippen LogP) is 2.35. The van der Waals surface area contributed by atoms with Gasteiger partial charge in [0.25, 0.3) is 0 Å². The summed E-state index contributed by atoms with van der Waals surface area (Å²) < 4.78 is 15.1. The van der Waals surface area contributed by atoms with Crippen molar-refractivity contribution in [1.82, 2.24) is 0 Å². The van der Waals surface area contributed by atoms with Crippen LogP contribution in [-0.4, -0.2) is 25.5 Å². The quantitative estimate of drug-likeness (QED) is 0.341. The van der Waals surface area contributed by atoms with Gasteiger partial charge in [0.1, 0.15) is 17.1 Å². The summed E-state index contributed by atoms with van der Waals surface area (Å²) in [6.07, 6.45) is 2.33. The van der Waals surface area contributed by atoms with E-state index >= 15 is 0 Å². The van der Waals surface area contributed by atoms with Gasteiger partial charge in [-0.1, -0.05) is 6.07 Å². The van der Waals surface area contributed by atoms with Crippen molar-refractivity contribution >= 4 is 11.8 Å². The molecule has 102 valence electrons. The molecule has 1 aromatic carbocycles. The zero-order chi connectivity index (χ0) is 14.3. The normalized spacial score (nSPS) is 10.3. The summed E-state index contributed by atoms with van der Waals surface area (Å²) in [4.78, 5) is 22.7. The fourth-order valence-corrected chi connectivity index (χ4v) is 1.48. The molecule has 1 aromatic rings. The van der Waals surface area contributed by atoms with Crippen molar-refractivity contribution < 1.29 is 23.8 Å². The highest BCUT2D eigenvalue weighted by atomic mass is 16.5. The molecule has 0 fully saturated rings. The van der Waals surface area contributed by atoms with E-state index in [1.807, 2.05) is 0 Å². The molecular weight excluding hydrogens is 248 g/mol. The Kier molecular flexibility index (Phi) is 5.60. The number of esters is 1. The van der Waals surface area contributed by atoms with Crippen LogP contribution in [0.5, 0.6) is 11.5 Å². The first kappa shape index (κ1) is 14.8. The van der Waals surface area contributed by atoms with Gasteiger partial charge in [0.2, 0.25) is 0 Å². The Labute approximate surface area is 111 Å². The van der Waals surface area contributed by atoms with E-state index in [1.165, 1.54) is 20.3 Å². The van der Waals surface area contributed by atoms with E-state index < -0.39 is 5.97 Å². The third-order valence-electron chi connectivity index (χ3n) is 2.25. The lowest BCUT2D eigenvalue weighted by atomic mass is 10.1. The molecule has 0 amide bonds. The van der Waals surface area contributed by atoms with Crippen molar-refractivity contribution in [3.05, 3.63) is 36.1 Å². The van der Waals surface area contributed by atoms with Crippen LogP contribution in [0.2, 0.25) is 0 Å². The largest absolute Gasteiger partial charge is 0.496 e. The number of Topliss-reactive ketones (excluding diaryl/α,β-unsaturated/α-hetero) is 1. The molecule has 0 radical (unpaired) electrons. The van der Waals surface area contributed by atoms with Crippen LogP contribution in [0.15, 0.2) is 30.5 Å². The van der Waals surface area contributed by atoms with Gasteiger partial charge in [-0.25, -0.2) is 4.79 Å². The average molecular weight is 264 g/mol. The van der Waals surface area contributed by atoms with Gasteiger partial charge in [0.05, 0.1) is 26.1 Å². The van der Waals surface area contributed by atoms with Gasteiger partial charge >= 0.3 is 5.97 Å². The zero-order valence-corrected chi connectivity index (χ0v) is 11.1. The van der Waals surface area contributed by atoms with Crippen LogP contribution in [-0.2, 0) is 9.53 Å². The van der Waals surface area contributed by atoms with E-state index in [2.05, 4.69) is 0 Å². The molecule has 0 atom stereocenters. The van der Waals surface area contributed by atoms with Crippen LogP contribution in [0.25, 0.3) is 0 Å². The first-order chi connectivity index (χ1) is 9.10. The van der Waals surface area contributed by atoms with Crippen LogP contribution < -0.4 is 9.47 Å². The van der Waals surface area contributed by atoms with Crippen LogP contribution in [0.1, 0.15) is 24.2 Å². The molecule has 5 heteroatoms. The van der Waals surface area contributed by atoms with E-state index in [9.17, 15) is 9.59 Å². The molecule has 0 N–H and O–H groups in total. The van der Waals surface area contributed by atoms with Crippen LogP contribution >= 0.6 is 0 Å². The highest BCUT2D eigenvalue weighted by Gasteiger charge is 2.14. The van der Waals surface area contributed by atoms with Gasteiger partial charge in [-0.2, -0.15) is 0 Å². The topological polar surface area (TPSA) is 61.8 Å². The molecule has 0 aliphatic rings. The Morgan fingerprint density at radius 3 is 2.53 bits per heavy atom. The lowest BCUT2D eigenvalue weighted by Gasteiger charge is -2.10. The molecule has 19 heavy (non-hydrogen) atoms. The Morgan fingerprint density at radius 1 is 1.26 bits per heavy atom. The second-order valence-electron chi connectivity index (χ2n) is 3.56. The summed E-state index contributed by atoms with van der Waals surface area (Å²) in [5.41, 5.74) is 0.332. The molecule has 0 aromatic heterocycles. The molecule has 1 rings (SSSR count). The zero-order valence-electron chi connectivity index (χ0n) is 11.1. The van der Waals surface area contributed by atoms with Gasteiger partial charge in [-0.15, -0.1) is 0 Å². The number of rotatable bonds is 6. The lowest BCUT2D eigenvalue weighted by Crippen LogP contribution is -2.02. The minimum atomic E-state index is -0.505. The lowest BCUT2D eigenvalue weighted by molar-refractivity contribution is -0.137. The van der Waals surface area contributed by atoms with E-state index in [-0.39, 0.29) is 5.78 Å². The summed E-state index contributed by atoms with van der Waals surface area (Å²) >= 11 is 0. The number of benzene rings is 1. The van der Waals surface area contributed by atoms with E-state index in [0.29, 0.717) is 23.7 Å². The van der Waals surface area contributed by atoms with Gasteiger partial charge in [-0.3, -0.25) is 4.79 Å². The molecule has 0 saturated heterocycles. The summed E-state index contributed by atoms with van der Waals surface area (Å²) in [6, 6.07) is 4.98. The molecule has 0 aliphatic carbocycles. The first-order valence-corrected chi connectivity index (χ1v) is 5.78. The fourth-order valence-electron chi connectivity index (χ4n) is 1.48. The smallest absolute Gasteiger partial charge is 0.333 e. The summed E-state index contributed by atoms with van der Waals surface area (Å²) in [7, 11) is 1.47. The second kappa shape index (κ2) is 7.20. The molecule has 5 nitrogen and oxygen atoms in total. The Hall–Kier alpha value is -2.30. The standard InChI is InChI=1S/C14H16O5/c1-4-18-13(16)8-9-19-12-7-5-6-11(17-3)14(12)10(2)15/h5-9H,4H2,1-3H3. The molecule has 0 heterocycles. The number of methoxy groups -OCH3 is 1. The van der Waals surface area contributed by atoms with Crippen LogP contribution in [0.4, 0.5) is 0 Å². The maximum Gasteiger partial charge on any atom is 0.333 e. The minimum absolute atomic E-state index is 0.183. The van der Waals surface area contributed by atoms with Crippen molar-refractivity contribution in [2.45, 2.75) is 13.8 Å². The van der Waals surface area contributed by atoms with E-state index in [4.69, 9.17) is 14.2 Å². The summed E-state index contributed by atoms with van der Waals surface area (Å²) in [6.45, 7) is 3.42. The molecule has 0 bridgehead atoms. The maximum absolute atomic E-state index is 11.6. The second-order valence-corrected chi connectivity index (χ2v) is 3.56. The monoisotopic (exact) mass is 264 g/mol. The molecule has 0 saturated carbocycles. The van der Waals surface area contributed by atoms with E-state index in [1.54, 1.807) is 25.1 Å². The van der Waals surface area contributed by atoms with Crippen LogP contribution in [0, 0.1) is 0 Å². The number of ether oxygens (including phenoxy) is 3. The minimum Gasteiger partial charge on any atom is -0.496 e. The Bertz CT molecular complexity index is 491. The molecule has 0 spiro atoms. The summed E-state index contributed by atoms with van der Waals surface area (Å²) in [5, 5.41) is 0. The third kappa shape index (κ3) is 4.13. The number of hydrogen-bond donors (Lipinski definition) is 0. The van der Waals surface area contributed by atoms with E-state index in [0.717, 1.165) is 6.08 Å². The highest BCUT2D eigenvalue weighted by molar-refractivity contribution is 5.99. The first-order valence-electron chi connectivity index (χ1n) is 5.78. The molecule has 0 unspecified atom stereocenters. The van der Waals surface area contributed by atoms with Crippen molar-refractivity contribution in [1.29, 1.82) is 0 Å². The molecule has 0 aliphatic heterocycles. The van der Waals surface area contributed by atoms with Crippen LogP contribution in [0.3, 0.4) is 0 Å². The van der Waals surface area contributed by atoms with Crippen molar-refractivity contribution in [3.63, 3.8) is 0 Å². The number of carbonyl (C=O) groups excluding carboxylic acids is 2. The average Bonchev–Trinajstić information content (AvgIpc) is 2.38. The van der Waals surface area contributed by atoms with Gasteiger partial charge < -0.3 is 14.2 Å². The van der Waals surface area contributed by atoms with Gasteiger partial charge in [0, 0.05) is 0 Å². The highest BCUT2D eigenvalue weighted by Crippen LogP contribution is 2.28.